The molecule has 1 saturated heterocycles. The van der Waals surface area contributed by atoms with Crippen molar-refractivity contribution in [2.24, 2.45) is 0 Å². The number of pyridine rings is 1. The summed E-state index contributed by atoms with van der Waals surface area (Å²) in [6.07, 6.45) is 5.56. The lowest BCUT2D eigenvalue weighted by Gasteiger charge is -2.27. The molecule has 1 aromatic carbocycles. The maximum atomic E-state index is 12.0. The lowest BCUT2D eigenvalue weighted by Crippen LogP contribution is -2.30. The number of aromatic hydroxyl groups is 1. The Morgan fingerprint density at radius 1 is 1.17 bits per heavy atom. The molecule has 1 amide bonds. The summed E-state index contributed by atoms with van der Waals surface area (Å²) in [5, 5.41) is 12.2. The zero-order valence-corrected chi connectivity index (χ0v) is 13.0. The Labute approximate surface area is 136 Å². The molecule has 1 aromatic heterocycles. The largest absolute Gasteiger partial charge is 0.508 e. The Hall–Kier alpha value is -2.56. The summed E-state index contributed by atoms with van der Waals surface area (Å²) in [6, 6.07) is 10.3. The van der Waals surface area contributed by atoms with Crippen LogP contribution in [0.2, 0.25) is 0 Å². The molecule has 0 atom stereocenters. The lowest BCUT2D eigenvalue weighted by atomic mass is 10.1. The maximum absolute atomic E-state index is 12.0. The maximum Gasteiger partial charge on any atom is 0.251 e. The Morgan fingerprint density at radius 3 is 2.70 bits per heavy atom. The summed E-state index contributed by atoms with van der Waals surface area (Å²) in [6.45, 7) is 2.56. The number of hydrogen-bond acceptors (Lipinski definition) is 4. The van der Waals surface area contributed by atoms with Gasteiger partial charge in [0.2, 0.25) is 0 Å². The first-order valence-electron chi connectivity index (χ1n) is 7.99. The van der Waals surface area contributed by atoms with Crippen LogP contribution in [0.25, 0.3) is 0 Å². The van der Waals surface area contributed by atoms with E-state index < -0.39 is 0 Å². The summed E-state index contributed by atoms with van der Waals surface area (Å²) in [5.41, 5.74) is 1.40. The van der Waals surface area contributed by atoms with E-state index >= 15 is 0 Å². The normalized spacial score (nSPS) is 14.5. The highest BCUT2D eigenvalue weighted by atomic mass is 16.3. The van der Waals surface area contributed by atoms with Crippen LogP contribution >= 0.6 is 0 Å². The van der Waals surface area contributed by atoms with Gasteiger partial charge < -0.3 is 15.3 Å². The SMILES string of the molecule is O=C(NCc1ccc(N2CCCCC2)nc1)c1cccc(O)c1. The summed E-state index contributed by atoms with van der Waals surface area (Å²) in [4.78, 5) is 18.8. The molecule has 2 N–H and O–H groups in total. The number of hydrogen-bond donors (Lipinski definition) is 2. The molecule has 0 unspecified atom stereocenters. The van der Waals surface area contributed by atoms with Crippen LogP contribution in [0.1, 0.15) is 35.2 Å². The van der Waals surface area contributed by atoms with E-state index in [1.54, 1.807) is 18.2 Å². The van der Waals surface area contributed by atoms with Crippen LogP contribution in [0.15, 0.2) is 42.6 Å². The average molecular weight is 311 g/mol. The summed E-state index contributed by atoms with van der Waals surface area (Å²) in [5.74, 6) is 0.888. The van der Waals surface area contributed by atoms with Crippen LogP contribution in [0.3, 0.4) is 0 Å². The number of phenolic OH excluding ortho intramolecular Hbond substituents is 1. The molecular formula is C18H21N3O2. The number of benzene rings is 1. The van der Waals surface area contributed by atoms with Crippen molar-refractivity contribution in [3.63, 3.8) is 0 Å². The number of carbonyl (C=O) groups excluding carboxylic acids is 1. The molecule has 2 heterocycles. The van der Waals surface area contributed by atoms with Crippen LogP contribution in [0.4, 0.5) is 5.82 Å². The van der Waals surface area contributed by atoms with Gasteiger partial charge in [0.05, 0.1) is 0 Å². The molecule has 0 bridgehead atoms. The standard InChI is InChI=1S/C18H21N3O2/c22-16-6-4-5-15(11-16)18(23)20-13-14-7-8-17(19-12-14)21-9-2-1-3-10-21/h4-8,11-12,22H,1-3,9-10,13H2,(H,20,23). The van der Waals surface area contributed by atoms with Crippen molar-refractivity contribution in [2.45, 2.75) is 25.8 Å². The number of aromatic nitrogens is 1. The molecule has 0 spiro atoms. The van der Waals surface area contributed by atoms with E-state index in [9.17, 15) is 9.90 Å². The molecular weight excluding hydrogens is 290 g/mol. The minimum Gasteiger partial charge on any atom is -0.508 e. The first-order valence-corrected chi connectivity index (χ1v) is 7.99. The highest BCUT2D eigenvalue weighted by molar-refractivity contribution is 5.94. The first-order chi connectivity index (χ1) is 11.2. The van der Waals surface area contributed by atoms with Crippen molar-refractivity contribution >= 4 is 11.7 Å². The molecule has 5 nitrogen and oxygen atoms in total. The van der Waals surface area contributed by atoms with E-state index in [4.69, 9.17) is 0 Å². The minimum absolute atomic E-state index is 0.0881. The lowest BCUT2D eigenvalue weighted by molar-refractivity contribution is 0.0950. The molecule has 1 aliphatic rings. The molecule has 3 rings (SSSR count). The van der Waals surface area contributed by atoms with Gasteiger partial charge in [-0.2, -0.15) is 0 Å². The second-order valence-corrected chi connectivity index (χ2v) is 5.81. The van der Waals surface area contributed by atoms with E-state index in [1.807, 2.05) is 18.3 Å². The topological polar surface area (TPSA) is 65.5 Å². The quantitative estimate of drug-likeness (QED) is 0.911. The van der Waals surface area contributed by atoms with Gasteiger partial charge in [0.25, 0.3) is 5.91 Å². The molecule has 2 aromatic rings. The van der Waals surface area contributed by atoms with Crippen molar-refractivity contribution < 1.29 is 9.90 Å². The third-order valence-corrected chi connectivity index (χ3v) is 4.05. The van der Waals surface area contributed by atoms with E-state index in [0.717, 1.165) is 24.5 Å². The summed E-state index contributed by atoms with van der Waals surface area (Å²) >= 11 is 0. The predicted molar refractivity (Wildman–Crippen MR) is 89.6 cm³/mol. The Balaban J connectivity index is 1.57. The van der Waals surface area contributed by atoms with Gasteiger partial charge in [-0.15, -0.1) is 0 Å². The minimum atomic E-state index is -0.207. The smallest absolute Gasteiger partial charge is 0.251 e. The molecule has 0 saturated carbocycles. The number of amides is 1. The van der Waals surface area contributed by atoms with Crippen molar-refractivity contribution in [3.05, 3.63) is 53.7 Å². The molecule has 1 aliphatic heterocycles. The molecule has 5 heteroatoms. The van der Waals surface area contributed by atoms with Crippen LogP contribution in [-0.2, 0) is 6.54 Å². The van der Waals surface area contributed by atoms with Gasteiger partial charge >= 0.3 is 0 Å². The fourth-order valence-electron chi connectivity index (χ4n) is 2.76. The number of nitrogens with one attached hydrogen (secondary N) is 1. The van der Waals surface area contributed by atoms with Gasteiger partial charge in [-0.3, -0.25) is 4.79 Å². The van der Waals surface area contributed by atoms with E-state index in [2.05, 4.69) is 15.2 Å². The van der Waals surface area contributed by atoms with E-state index in [0.29, 0.717) is 12.1 Å². The van der Waals surface area contributed by atoms with Gasteiger partial charge in [-0.25, -0.2) is 4.98 Å². The van der Waals surface area contributed by atoms with Crippen LogP contribution in [0, 0.1) is 0 Å². The van der Waals surface area contributed by atoms with Crippen LogP contribution in [-0.4, -0.2) is 29.1 Å². The molecule has 23 heavy (non-hydrogen) atoms. The number of anilines is 1. The van der Waals surface area contributed by atoms with Crippen molar-refractivity contribution in [2.75, 3.05) is 18.0 Å². The van der Waals surface area contributed by atoms with Gasteiger partial charge in [-0.1, -0.05) is 12.1 Å². The van der Waals surface area contributed by atoms with E-state index in [1.165, 1.54) is 25.3 Å². The fraction of sp³-hybridized carbons (Fsp3) is 0.333. The predicted octanol–water partition coefficient (Wildman–Crippen LogP) is 2.71. The van der Waals surface area contributed by atoms with Gasteiger partial charge in [0.1, 0.15) is 11.6 Å². The molecule has 120 valence electrons. The Kier molecular flexibility index (Phi) is 4.76. The van der Waals surface area contributed by atoms with Crippen molar-refractivity contribution in [1.29, 1.82) is 0 Å². The Bertz CT molecular complexity index is 664. The van der Waals surface area contributed by atoms with Gasteiger partial charge in [0.15, 0.2) is 0 Å². The van der Waals surface area contributed by atoms with E-state index in [-0.39, 0.29) is 11.7 Å². The monoisotopic (exact) mass is 311 g/mol. The highest BCUT2D eigenvalue weighted by Gasteiger charge is 2.12. The summed E-state index contributed by atoms with van der Waals surface area (Å²) < 4.78 is 0. The second kappa shape index (κ2) is 7.13. The van der Waals surface area contributed by atoms with Crippen molar-refractivity contribution in [3.8, 4) is 5.75 Å². The Morgan fingerprint density at radius 2 is 2.00 bits per heavy atom. The highest BCUT2D eigenvalue weighted by Crippen LogP contribution is 2.17. The van der Waals surface area contributed by atoms with Gasteiger partial charge in [0, 0.05) is 31.4 Å². The van der Waals surface area contributed by atoms with Gasteiger partial charge in [-0.05, 0) is 49.1 Å². The second-order valence-electron chi connectivity index (χ2n) is 5.81. The molecule has 0 aliphatic carbocycles. The average Bonchev–Trinajstić information content (AvgIpc) is 2.61. The molecule has 0 radical (unpaired) electrons. The number of phenols is 1. The number of nitrogens with zero attached hydrogens (tertiary/aromatic N) is 2. The summed E-state index contributed by atoms with van der Waals surface area (Å²) in [7, 11) is 0. The number of rotatable bonds is 4. The zero-order chi connectivity index (χ0) is 16.1. The molecule has 1 fully saturated rings. The third-order valence-electron chi connectivity index (χ3n) is 4.05. The fourth-order valence-corrected chi connectivity index (χ4v) is 2.76. The number of piperidine rings is 1. The zero-order valence-electron chi connectivity index (χ0n) is 13.0. The van der Waals surface area contributed by atoms with Crippen molar-refractivity contribution in [1.82, 2.24) is 10.3 Å². The van der Waals surface area contributed by atoms with Crippen LogP contribution in [0.5, 0.6) is 5.75 Å². The third kappa shape index (κ3) is 4.00. The number of carbonyl (C=O) groups is 1. The van der Waals surface area contributed by atoms with Crippen LogP contribution < -0.4 is 10.2 Å². The first kappa shape index (κ1) is 15.3.